The van der Waals surface area contributed by atoms with Gasteiger partial charge in [0.25, 0.3) is 0 Å². The first-order valence-electron chi connectivity index (χ1n) is 10.9. The molecule has 9 nitrogen and oxygen atoms in total. The van der Waals surface area contributed by atoms with Crippen LogP contribution in [0.25, 0.3) is 10.4 Å². The quantitative estimate of drug-likeness (QED) is 0.177. The van der Waals surface area contributed by atoms with Gasteiger partial charge in [-0.3, -0.25) is 9.59 Å². The summed E-state index contributed by atoms with van der Waals surface area (Å²) in [5, 5.41) is 3.37. The van der Waals surface area contributed by atoms with Crippen molar-refractivity contribution in [2.24, 2.45) is 22.9 Å². The van der Waals surface area contributed by atoms with E-state index in [9.17, 15) is 9.59 Å². The second-order valence-electron chi connectivity index (χ2n) is 9.21. The van der Waals surface area contributed by atoms with E-state index in [1.807, 2.05) is 29.5 Å². The van der Waals surface area contributed by atoms with Gasteiger partial charge in [-0.1, -0.05) is 32.8 Å². The van der Waals surface area contributed by atoms with E-state index in [0.717, 1.165) is 6.42 Å². The van der Waals surface area contributed by atoms with Crippen molar-refractivity contribution < 1.29 is 23.8 Å². The molecule has 0 aromatic heterocycles. The van der Waals surface area contributed by atoms with E-state index in [0.29, 0.717) is 18.3 Å². The molecule has 0 aliphatic carbocycles. The zero-order valence-electron chi connectivity index (χ0n) is 19.0. The van der Waals surface area contributed by atoms with Crippen LogP contribution in [0, 0.1) is 17.8 Å². The number of esters is 1. The van der Waals surface area contributed by atoms with Crippen LogP contribution in [0.3, 0.4) is 0 Å². The number of rotatable bonds is 9. The SMILES string of the molecule is BC1CC(C(C)C)C(CN(CC(=O)OC2CC(B)OC2C(C)C)C(=O)CN=[N+]=[N-])O1. The van der Waals surface area contributed by atoms with Gasteiger partial charge >= 0.3 is 5.97 Å². The maximum Gasteiger partial charge on any atom is 0.326 e. The average molecular weight is 420 g/mol. The summed E-state index contributed by atoms with van der Waals surface area (Å²) < 4.78 is 17.6. The number of hydrogen-bond acceptors (Lipinski definition) is 6. The van der Waals surface area contributed by atoms with Gasteiger partial charge in [-0.05, 0) is 29.7 Å². The molecule has 2 aliphatic rings. The van der Waals surface area contributed by atoms with Crippen LogP contribution in [0.5, 0.6) is 0 Å². The Morgan fingerprint density at radius 1 is 1.17 bits per heavy atom. The van der Waals surface area contributed by atoms with Crippen molar-refractivity contribution in [1.29, 1.82) is 0 Å². The zero-order chi connectivity index (χ0) is 22.4. The fourth-order valence-corrected chi connectivity index (χ4v) is 4.47. The van der Waals surface area contributed by atoms with E-state index in [1.54, 1.807) is 0 Å². The summed E-state index contributed by atoms with van der Waals surface area (Å²) in [6, 6.07) is 0.130. The van der Waals surface area contributed by atoms with Gasteiger partial charge in [0, 0.05) is 29.9 Å². The van der Waals surface area contributed by atoms with Crippen molar-refractivity contribution >= 4 is 27.6 Å². The van der Waals surface area contributed by atoms with Crippen LogP contribution in [0.1, 0.15) is 40.5 Å². The number of nitrogens with zero attached hydrogens (tertiary/aromatic N) is 4. The molecule has 0 radical (unpaired) electrons. The second-order valence-corrected chi connectivity index (χ2v) is 9.21. The lowest BCUT2D eigenvalue weighted by molar-refractivity contribution is -0.157. The number of carbonyl (C=O) groups is 2. The number of ether oxygens (including phenoxy) is 3. The van der Waals surface area contributed by atoms with Gasteiger partial charge in [-0.25, -0.2) is 0 Å². The minimum Gasteiger partial charge on any atom is -0.458 e. The zero-order valence-corrected chi connectivity index (χ0v) is 19.0. The third-order valence-electron chi connectivity index (χ3n) is 5.95. The topological polar surface area (TPSA) is 114 Å². The van der Waals surface area contributed by atoms with Crippen molar-refractivity contribution in [2.75, 3.05) is 19.6 Å². The van der Waals surface area contributed by atoms with Gasteiger partial charge < -0.3 is 19.1 Å². The minimum atomic E-state index is -0.482. The van der Waals surface area contributed by atoms with Gasteiger partial charge in [0.15, 0.2) is 0 Å². The molecule has 2 rings (SSSR count). The van der Waals surface area contributed by atoms with Crippen molar-refractivity contribution in [3.8, 4) is 0 Å². The number of azide groups is 1. The molecule has 11 heteroatoms. The molecule has 166 valence electrons. The maximum atomic E-state index is 12.7. The standard InChI is InChI=1S/C19H34B2N4O5/c1-10(2)12-5-15(20)28-14(12)8-25(17(26)7-23-24-22)9-18(27)29-13-6-16(21)30-19(13)11(3)4/h10-16,19H,5-9,20-21H2,1-4H3. The van der Waals surface area contributed by atoms with Gasteiger partial charge in [-0.2, -0.15) is 0 Å². The first kappa shape index (κ1) is 24.6. The first-order chi connectivity index (χ1) is 14.1. The Bertz CT molecular complexity index is 659. The Kier molecular flexibility index (Phi) is 9.07. The summed E-state index contributed by atoms with van der Waals surface area (Å²) in [6.45, 7) is 8.06. The highest BCUT2D eigenvalue weighted by molar-refractivity contribution is 6.11. The Morgan fingerprint density at radius 3 is 2.43 bits per heavy atom. The second kappa shape index (κ2) is 11.1. The van der Waals surface area contributed by atoms with E-state index >= 15 is 0 Å². The highest BCUT2D eigenvalue weighted by Gasteiger charge is 2.39. The summed E-state index contributed by atoms with van der Waals surface area (Å²) in [4.78, 5) is 29.4. The van der Waals surface area contributed by atoms with Crippen LogP contribution < -0.4 is 0 Å². The Morgan fingerprint density at radius 2 is 1.83 bits per heavy atom. The molecule has 0 aromatic carbocycles. The molecular weight excluding hydrogens is 386 g/mol. The molecule has 0 spiro atoms. The molecule has 0 saturated carbocycles. The predicted octanol–water partition coefficient (Wildman–Crippen LogP) is 0.462. The third-order valence-corrected chi connectivity index (χ3v) is 5.95. The molecule has 30 heavy (non-hydrogen) atoms. The van der Waals surface area contributed by atoms with Crippen LogP contribution in [0.15, 0.2) is 5.11 Å². The van der Waals surface area contributed by atoms with Crippen LogP contribution in [0.2, 0.25) is 0 Å². The van der Waals surface area contributed by atoms with Crippen LogP contribution >= 0.6 is 0 Å². The van der Waals surface area contributed by atoms with Crippen LogP contribution in [-0.4, -0.2) is 82.4 Å². The summed E-state index contributed by atoms with van der Waals surface area (Å²) in [5.74, 6) is 0.0114. The van der Waals surface area contributed by atoms with E-state index in [-0.39, 0.29) is 55.9 Å². The lowest BCUT2D eigenvalue weighted by atomic mass is 9.84. The number of carbonyl (C=O) groups excluding carboxylic acids is 2. The highest BCUT2D eigenvalue weighted by Crippen LogP contribution is 2.32. The lowest BCUT2D eigenvalue weighted by Gasteiger charge is -2.29. The van der Waals surface area contributed by atoms with Crippen LogP contribution in [-0.2, 0) is 23.8 Å². The summed E-state index contributed by atoms with van der Waals surface area (Å²) in [5.41, 5.74) is 8.57. The van der Waals surface area contributed by atoms with E-state index in [4.69, 9.17) is 19.7 Å². The number of hydrogen-bond donors (Lipinski definition) is 0. The summed E-state index contributed by atoms with van der Waals surface area (Å²) in [6.07, 6.45) is 0.910. The lowest BCUT2D eigenvalue weighted by Crippen LogP contribution is -2.45. The van der Waals surface area contributed by atoms with Gasteiger partial charge in [-0.15, -0.1) is 0 Å². The minimum absolute atomic E-state index is 0.0260. The fraction of sp³-hybridized carbons (Fsp3) is 0.895. The predicted molar refractivity (Wildman–Crippen MR) is 117 cm³/mol. The maximum absolute atomic E-state index is 12.7. The molecule has 2 aliphatic heterocycles. The Balaban J connectivity index is 2.06. The Labute approximate surface area is 180 Å². The molecule has 6 atom stereocenters. The van der Waals surface area contributed by atoms with E-state index in [1.165, 1.54) is 4.90 Å². The monoisotopic (exact) mass is 420 g/mol. The third kappa shape index (κ3) is 6.65. The first-order valence-corrected chi connectivity index (χ1v) is 10.9. The van der Waals surface area contributed by atoms with Crippen molar-refractivity contribution in [2.45, 2.75) is 70.9 Å². The molecule has 0 aromatic rings. The molecule has 2 fully saturated rings. The summed E-state index contributed by atoms with van der Waals surface area (Å²) in [7, 11) is 3.98. The molecule has 0 bridgehead atoms. The van der Waals surface area contributed by atoms with E-state index < -0.39 is 11.9 Å². The molecule has 6 unspecified atom stereocenters. The van der Waals surface area contributed by atoms with Crippen molar-refractivity contribution in [1.82, 2.24) is 4.90 Å². The van der Waals surface area contributed by atoms with Crippen molar-refractivity contribution in [3.63, 3.8) is 0 Å². The number of amides is 1. The summed E-state index contributed by atoms with van der Waals surface area (Å²) >= 11 is 0. The molecule has 1 amide bonds. The van der Waals surface area contributed by atoms with Gasteiger partial charge in [0.2, 0.25) is 5.91 Å². The molecule has 2 heterocycles. The molecule has 2 saturated heterocycles. The average Bonchev–Trinajstić information content (AvgIpc) is 3.21. The van der Waals surface area contributed by atoms with Gasteiger partial charge in [0.05, 0.1) is 12.2 Å². The normalized spacial score (nSPS) is 31.0. The van der Waals surface area contributed by atoms with Gasteiger partial charge in [0.1, 0.15) is 34.9 Å². The fourth-order valence-electron chi connectivity index (χ4n) is 4.47. The van der Waals surface area contributed by atoms with Crippen LogP contribution in [0.4, 0.5) is 0 Å². The molecular formula is C19H34B2N4O5. The van der Waals surface area contributed by atoms with Crippen molar-refractivity contribution in [3.05, 3.63) is 10.4 Å². The smallest absolute Gasteiger partial charge is 0.326 e. The van der Waals surface area contributed by atoms with E-state index in [2.05, 4.69) is 23.9 Å². The highest BCUT2D eigenvalue weighted by atomic mass is 16.6. The Hall–Kier alpha value is -1.70. The largest absolute Gasteiger partial charge is 0.458 e. The molecule has 0 N–H and O–H groups in total.